The van der Waals surface area contributed by atoms with E-state index in [0.29, 0.717) is 17.3 Å². The molecule has 0 aliphatic heterocycles. The average molecular weight is 427 g/mol. The molecular weight excluding hydrogens is 414 g/mol. The van der Waals surface area contributed by atoms with Gasteiger partial charge < -0.3 is 5.11 Å². The second kappa shape index (κ2) is 5.75. The number of carbonyl (C=O) groups is 1. The second-order valence-corrected chi connectivity index (χ2v) is 8.34. The summed E-state index contributed by atoms with van der Waals surface area (Å²) in [6.07, 6.45) is 1.83. The van der Waals surface area contributed by atoms with Gasteiger partial charge in [-0.15, -0.1) is 0 Å². The van der Waals surface area contributed by atoms with E-state index in [0.717, 1.165) is 10.9 Å². The molecule has 0 atom stereocenters. The summed E-state index contributed by atoms with van der Waals surface area (Å²) in [4.78, 5) is 11.3. The Balaban J connectivity index is 2.17. The molecule has 110 valence electrons. The Kier molecular flexibility index (Phi) is 4.58. The van der Waals surface area contributed by atoms with Crippen molar-refractivity contribution in [3.05, 3.63) is 27.1 Å². The standard InChI is InChI=1S/C12H13Br2NO4S/c13-8-2-3-10(9(14)6-8)20(18,19)15-7-12(11(16)17)4-1-5-12/h2-3,6,15H,1,4-5,7H2,(H,16,17). The van der Waals surface area contributed by atoms with E-state index in [1.807, 2.05) is 0 Å². The number of hydrogen-bond donors (Lipinski definition) is 2. The van der Waals surface area contributed by atoms with E-state index in [2.05, 4.69) is 36.6 Å². The Morgan fingerprint density at radius 3 is 2.45 bits per heavy atom. The Hall–Kier alpha value is -0.440. The molecule has 1 aliphatic rings. The SMILES string of the molecule is O=C(O)C1(CNS(=O)(=O)c2ccc(Br)cc2Br)CCC1. The third-order valence-corrected chi connectivity index (χ3v) is 6.42. The van der Waals surface area contributed by atoms with E-state index in [1.165, 1.54) is 6.07 Å². The first kappa shape index (κ1) is 15.9. The maximum absolute atomic E-state index is 12.2. The lowest BCUT2D eigenvalue weighted by molar-refractivity contribution is -0.153. The highest BCUT2D eigenvalue weighted by molar-refractivity contribution is 9.11. The van der Waals surface area contributed by atoms with Crippen molar-refractivity contribution in [2.75, 3.05) is 6.54 Å². The van der Waals surface area contributed by atoms with Crippen LogP contribution < -0.4 is 4.72 Å². The van der Waals surface area contributed by atoms with Crippen LogP contribution in [-0.4, -0.2) is 26.0 Å². The van der Waals surface area contributed by atoms with Gasteiger partial charge in [0.15, 0.2) is 0 Å². The molecule has 1 saturated carbocycles. The second-order valence-electron chi connectivity index (χ2n) is 4.84. The molecular formula is C12H13Br2NO4S. The number of benzene rings is 1. The van der Waals surface area contributed by atoms with Crippen molar-refractivity contribution in [3.8, 4) is 0 Å². The fourth-order valence-corrected chi connectivity index (χ4v) is 4.94. The van der Waals surface area contributed by atoms with E-state index in [1.54, 1.807) is 12.1 Å². The van der Waals surface area contributed by atoms with Crippen LogP contribution in [0.5, 0.6) is 0 Å². The molecule has 1 aliphatic carbocycles. The van der Waals surface area contributed by atoms with Gasteiger partial charge in [0.05, 0.1) is 10.3 Å². The summed E-state index contributed by atoms with van der Waals surface area (Å²) in [6, 6.07) is 4.71. The zero-order valence-corrected chi connectivity index (χ0v) is 14.4. The number of rotatable bonds is 5. The van der Waals surface area contributed by atoms with Gasteiger partial charge >= 0.3 is 5.97 Å². The van der Waals surface area contributed by atoms with Crippen molar-refractivity contribution in [3.63, 3.8) is 0 Å². The quantitative estimate of drug-likeness (QED) is 0.758. The molecule has 1 fully saturated rings. The Bertz CT molecular complexity index is 641. The first-order chi connectivity index (χ1) is 9.27. The van der Waals surface area contributed by atoms with E-state index >= 15 is 0 Å². The molecule has 2 rings (SSSR count). The fourth-order valence-electron chi connectivity index (χ4n) is 2.07. The molecule has 1 aromatic rings. The molecule has 0 heterocycles. The number of carboxylic acid groups (broad SMARTS) is 1. The summed E-state index contributed by atoms with van der Waals surface area (Å²) >= 11 is 6.45. The monoisotopic (exact) mass is 425 g/mol. The minimum absolute atomic E-state index is 0.0762. The van der Waals surface area contributed by atoms with E-state index in [-0.39, 0.29) is 11.4 Å². The number of halogens is 2. The normalized spacial score (nSPS) is 17.5. The van der Waals surface area contributed by atoms with Crippen molar-refractivity contribution >= 4 is 47.9 Å². The van der Waals surface area contributed by atoms with Crippen molar-refractivity contribution < 1.29 is 18.3 Å². The number of carboxylic acids is 1. The van der Waals surface area contributed by atoms with Gasteiger partial charge in [0, 0.05) is 15.5 Å². The van der Waals surface area contributed by atoms with E-state index < -0.39 is 21.4 Å². The van der Waals surface area contributed by atoms with Crippen LogP contribution in [0.15, 0.2) is 32.0 Å². The molecule has 0 saturated heterocycles. The van der Waals surface area contributed by atoms with Gasteiger partial charge in [-0.1, -0.05) is 22.4 Å². The molecule has 8 heteroatoms. The van der Waals surface area contributed by atoms with Crippen LogP contribution in [0.25, 0.3) is 0 Å². The summed E-state index contributed by atoms with van der Waals surface area (Å²) < 4.78 is 28.0. The number of aliphatic carboxylic acids is 1. The van der Waals surface area contributed by atoms with Gasteiger partial charge in [-0.25, -0.2) is 13.1 Å². The van der Waals surface area contributed by atoms with E-state index in [4.69, 9.17) is 0 Å². The third-order valence-electron chi connectivity index (χ3n) is 3.55. The largest absolute Gasteiger partial charge is 0.481 e. The zero-order valence-electron chi connectivity index (χ0n) is 10.4. The van der Waals surface area contributed by atoms with Gasteiger partial charge in [-0.05, 0) is 47.0 Å². The molecule has 20 heavy (non-hydrogen) atoms. The molecule has 0 bridgehead atoms. The van der Waals surface area contributed by atoms with E-state index in [9.17, 15) is 18.3 Å². The van der Waals surface area contributed by atoms with Crippen LogP contribution >= 0.6 is 31.9 Å². The van der Waals surface area contributed by atoms with Crippen LogP contribution in [0.1, 0.15) is 19.3 Å². The average Bonchev–Trinajstić information content (AvgIpc) is 2.25. The Morgan fingerprint density at radius 1 is 1.35 bits per heavy atom. The lowest BCUT2D eigenvalue weighted by Crippen LogP contribution is -2.47. The van der Waals surface area contributed by atoms with Crippen LogP contribution in [0, 0.1) is 5.41 Å². The Morgan fingerprint density at radius 2 is 2.00 bits per heavy atom. The zero-order chi connectivity index (χ0) is 15.0. The minimum atomic E-state index is -3.73. The molecule has 0 radical (unpaired) electrons. The van der Waals surface area contributed by atoms with Crippen molar-refractivity contribution in [1.29, 1.82) is 0 Å². The summed E-state index contributed by atoms with van der Waals surface area (Å²) in [7, 11) is -3.73. The van der Waals surface area contributed by atoms with Gasteiger partial charge in [0.25, 0.3) is 0 Å². The lowest BCUT2D eigenvalue weighted by Gasteiger charge is -2.37. The topological polar surface area (TPSA) is 83.5 Å². The maximum Gasteiger partial charge on any atom is 0.310 e. The Labute approximate surface area is 134 Å². The number of sulfonamides is 1. The molecule has 0 spiro atoms. The molecule has 1 aromatic carbocycles. The van der Waals surface area contributed by atoms with Crippen molar-refractivity contribution in [2.45, 2.75) is 24.2 Å². The summed E-state index contributed by atoms with van der Waals surface area (Å²) in [5.41, 5.74) is -0.949. The number of nitrogens with one attached hydrogen (secondary N) is 1. The first-order valence-electron chi connectivity index (χ1n) is 5.95. The highest BCUT2D eigenvalue weighted by atomic mass is 79.9. The third kappa shape index (κ3) is 3.08. The summed E-state index contributed by atoms with van der Waals surface area (Å²) in [5.74, 6) is -0.943. The van der Waals surface area contributed by atoms with Gasteiger partial charge in [-0.2, -0.15) is 0 Å². The molecule has 0 amide bonds. The van der Waals surface area contributed by atoms with Crippen molar-refractivity contribution in [2.24, 2.45) is 5.41 Å². The lowest BCUT2D eigenvalue weighted by atomic mass is 9.69. The highest BCUT2D eigenvalue weighted by Gasteiger charge is 2.45. The first-order valence-corrected chi connectivity index (χ1v) is 9.02. The molecule has 5 nitrogen and oxygen atoms in total. The maximum atomic E-state index is 12.2. The van der Waals surface area contributed by atoms with Gasteiger partial charge in [0.1, 0.15) is 0 Å². The van der Waals surface area contributed by atoms with Gasteiger partial charge in [-0.3, -0.25) is 4.79 Å². The molecule has 0 unspecified atom stereocenters. The summed E-state index contributed by atoms with van der Waals surface area (Å²) in [5, 5.41) is 9.19. The van der Waals surface area contributed by atoms with Gasteiger partial charge in [0.2, 0.25) is 10.0 Å². The van der Waals surface area contributed by atoms with Crippen molar-refractivity contribution in [1.82, 2.24) is 4.72 Å². The smallest absolute Gasteiger partial charge is 0.310 e. The fraction of sp³-hybridized carbons (Fsp3) is 0.417. The van der Waals surface area contributed by atoms with Crippen LogP contribution in [0.3, 0.4) is 0 Å². The molecule has 0 aromatic heterocycles. The van der Waals surface area contributed by atoms with Crippen LogP contribution in [0.4, 0.5) is 0 Å². The number of hydrogen-bond acceptors (Lipinski definition) is 3. The summed E-state index contributed by atoms with van der Waals surface area (Å²) in [6.45, 7) is -0.0762. The highest BCUT2D eigenvalue weighted by Crippen LogP contribution is 2.41. The van der Waals surface area contributed by atoms with Crippen LogP contribution in [-0.2, 0) is 14.8 Å². The molecule has 2 N–H and O–H groups in total. The van der Waals surface area contributed by atoms with Crippen LogP contribution in [0.2, 0.25) is 0 Å². The predicted molar refractivity (Wildman–Crippen MR) is 81.0 cm³/mol. The minimum Gasteiger partial charge on any atom is -0.481 e. The predicted octanol–water partition coefficient (Wildman–Crippen LogP) is 2.74.